The SMILES string of the molecule is CN(C)C(=O)CN1CCC(NCC(C)(O)CO)CC1. The molecule has 1 saturated heterocycles. The molecule has 0 saturated carbocycles. The number of hydrogen-bond acceptors (Lipinski definition) is 5. The van der Waals surface area contributed by atoms with Crippen molar-refractivity contribution in [3.8, 4) is 0 Å². The molecule has 0 aromatic rings. The molecule has 0 aromatic heterocycles. The van der Waals surface area contributed by atoms with Gasteiger partial charge in [-0.1, -0.05) is 0 Å². The fourth-order valence-electron chi connectivity index (χ4n) is 2.05. The van der Waals surface area contributed by atoms with Crippen molar-refractivity contribution in [1.82, 2.24) is 15.1 Å². The molecule has 1 aliphatic rings. The first-order valence-electron chi connectivity index (χ1n) is 6.83. The maximum Gasteiger partial charge on any atom is 0.236 e. The van der Waals surface area contributed by atoms with Crippen molar-refractivity contribution < 1.29 is 15.0 Å². The van der Waals surface area contributed by atoms with E-state index in [0.717, 1.165) is 25.9 Å². The van der Waals surface area contributed by atoms with Crippen LogP contribution in [0, 0.1) is 0 Å². The van der Waals surface area contributed by atoms with Crippen LogP contribution in [-0.4, -0.2) is 84.4 Å². The Kier molecular flexibility index (Phi) is 6.19. The summed E-state index contributed by atoms with van der Waals surface area (Å²) in [5.74, 6) is 0.134. The minimum absolute atomic E-state index is 0.134. The molecule has 1 rings (SSSR count). The molecule has 1 amide bonds. The molecule has 1 heterocycles. The number of aliphatic hydroxyl groups is 2. The number of likely N-dealkylation sites (N-methyl/N-ethyl adjacent to an activating group) is 1. The third kappa shape index (κ3) is 5.86. The summed E-state index contributed by atoms with van der Waals surface area (Å²) in [7, 11) is 3.54. The summed E-state index contributed by atoms with van der Waals surface area (Å²) in [5.41, 5.74) is -1.06. The fraction of sp³-hybridized carbons (Fsp3) is 0.923. The van der Waals surface area contributed by atoms with Crippen molar-refractivity contribution in [2.75, 3.05) is 46.9 Å². The van der Waals surface area contributed by atoms with Gasteiger partial charge in [-0.05, 0) is 19.8 Å². The summed E-state index contributed by atoms with van der Waals surface area (Å²) in [6, 6.07) is 0.351. The fourth-order valence-corrected chi connectivity index (χ4v) is 2.05. The van der Waals surface area contributed by atoms with Gasteiger partial charge in [-0.25, -0.2) is 0 Å². The highest BCUT2D eigenvalue weighted by Crippen LogP contribution is 2.11. The van der Waals surface area contributed by atoms with Crippen LogP contribution in [0.15, 0.2) is 0 Å². The Hall–Kier alpha value is -0.690. The first kappa shape index (κ1) is 16.4. The molecule has 0 radical (unpaired) electrons. The third-order valence-corrected chi connectivity index (χ3v) is 3.56. The highest BCUT2D eigenvalue weighted by Gasteiger charge is 2.24. The highest BCUT2D eigenvalue weighted by molar-refractivity contribution is 5.77. The van der Waals surface area contributed by atoms with Crippen LogP contribution in [0.4, 0.5) is 0 Å². The first-order valence-corrected chi connectivity index (χ1v) is 6.83. The van der Waals surface area contributed by atoms with Gasteiger partial charge in [0, 0.05) is 39.8 Å². The van der Waals surface area contributed by atoms with Gasteiger partial charge in [-0.3, -0.25) is 9.69 Å². The number of piperidine rings is 1. The van der Waals surface area contributed by atoms with E-state index >= 15 is 0 Å². The molecule has 1 atom stereocenters. The van der Waals surface area contributed by atoms with E-state index in [4.69, 9.17) is 5.11 Å². The van der Waals surface area contributed by atoms with Gasteiger partial charge in [0.1, 0.15) is 0 Å². The van der Waals surface area contributed by atoms with Gasteiger partial charge in [0.05, 0.1) is 18.8 Å². The Balaban J connectivity index is 2.24. The molecule has 1 fully saturated rings. The molecule has 0 aliphatic carbocycles. The summed E-state index contributed by atoms with van der Waals surface area (Å²) >= 11 is 0. The van der Waals surface area contributed by atoms with E-state index in [2.05, 4.69) is 10.2 Å². The molecule has 1 aliphatic heterocycles. The van der Waals surface area contributed by atoms with Crippen LogP contribution in [-0.2, 0) is 4.79 Å². The van der Waals surface area contributed by atoms with E-state index in [-0.39, 0.29) is 12.5 Å². The molecule has 6 heteroatoms. The summed E-state index contributed by atoms with van der Waals surface area (Å²) in [5, 5.41) is 22.0. The zero-order chi connectivity index (χ0) is 14.5. The maximum absolute atomic E-state index is 11.6. The van der Waals surface area contributed by atoms with Crippen molar-refractivity contribution in [3.05, 3.63) is 0 Å². The smallest absolute Gasteiger partial charge is 0.236 e. The number of nitrogens with one attached hydrogen (secondary N) is 1. The second kappa shape index (κ2) is 7.19. The van der Waals surface area contributed by atoms with Gasteiger partial charge in [0.15, 0.2) is 0 Å². The predicted octanol–water partition coefficient (Wildman–Crippen LogP) is -1.13. The second-order valence-corrected chi connectivity index (χ2v) is 5.87. The number of nitrogens with zero attached hydrogens (tertiary/aromatic N) is 2. The lowest BCUT2D eigenvalue weighted by atomic mass is 10.0. The largest absolute Gasteiger partial charge is 0.393 e. The molecular formula is C13H27N3O3. The second-order valence-electron chi connectivity index (χ2n) is 5.87. The van der Waals surface area contributed by atoms with E-state index in [1.54, 1.807) is 25.9 Å². The monoisotopic (exact) mass is 273 g/mol. The van der Waals surface area contributed by atoms with E-state index in [0.29, 0.717) is 19.1 Å². The highest BCUT2D eigenvalue weighted by atomic mass is 16.3. The topological polar surface area (TPSA) is 76.0 Å². The number of likely N-dealkylation sites (tertiary alicyclic amines) is 1. The first-order chi connectivity index (χ1) is 8.84. The van der Waals surface area contributed by atoms with Gasteiger partial charge in [0.2, 0.25) is 5.91 Å². The molecule has 112 valence electrons. The van der Waals surface area contributed by atoms with Crippen LogP contribution >= 0.6 is 0 Å². The number of rotatable bonds is 6. The summed E-state index contributed by atoms with van der Waals surface area (Å²) < 4.78 is 0. The number of aliphatic hydroxyl groups excluding tert-OH is 1. The van der Waals surface area contributed by atoms with Crippen molar-refractivity contribution in [2.45, 2.75) is 31.4 Å². The normalized spacial score (nSPS) is 21.1. The molecular weight excluding hydrogens is 246 g/mol. The van der Waals surface area contributed by atoms with E-state index in [9.17, 15) is 9.90 Å². The van der Waals surface area contributed by atoms with Crippen molar-refractivity contribution in [2.24, 2.45) is 0 Å². The molecule has 0 spiro atoms. The Morgan fingerprint density at radius 3 is 2.47 bits per heavy atom. The Labute approximate surface area is 115 Å². The van der Waals surface area contributed by atoms with E-state index < -0.39 is 5.60 Å². The Bertz CT molecular complexity index is 287. The van der Waals surface area contributed by atoms with E-state index in [1.165, 1.54) is 0 Å². The van der Waals surface area contributed by atoms with Crippen LogP contribution in [0.3, 0.4) is 0 Å². The number of carbonyl (C=O) groups excluding carboxylic acids is 1. The summed E-state index contributed by atoms with van der Waals surface area (Å²) in [6.45, 7) is 4.02. The minimum Gasteiger partial charge on any atom is -0.393 e. The van der Waals surface area contributed by atoms with Crippen molar-refractivity contribution in [3.63, 3.8) is 0 Å². The van der Waals surface area contributed by atoms with Crippen LogP contribution in [0.5, 0.6) is 0 Å². The lowest BCUT2D eigenvalue weighted by Gasteiger charge is -2.34. The van der Waals surface area contributed by atoms with Crippen LogP contribution < -0.4 is 5.32 Å². The van der Waals surface area contributed by atoms with Crippen LogP contribution in [0.25, 0.3) is 0 Å². The van der Waals surface area contributed by atoms with Gasteiger partial charge in [-0.15, -0.1) is 0 Å². The van der Waals surface area contributed by atoms with Gasteiger partial charge in [0.25, 0.3) is 0 Å². The van der Waals surface area contributed by atoms with Crippen molar-refractivity contribution in [1.29, 1.82) is 0 Å². The van der Waals surface area contributed by atoms with E-state index in [1.807, 2.05) is 0 Å². The molecule has 1 unspecified atom stereocenters. The molecule has 6 nitrogen and oxygen atoms in total. The van der Waals surface area contributed by atoms with Crippen LogP contribution in [0.1, 0.15) is 19.8 Å². The standard InChI is InChI=1S/C13H27N3O3/c1-13(19,10-17)9-14-11-4-6-16(7-5-11)8-12(18)15(2)3/h11,14,17,19H,4-10H2,1-3H3. The zero-order valence-corrected chi connectivity index (χ0v) is 12.2. The van der Waals surface area contributed by atoms with Crippen molar-refractivity contribution >= 4 is 5.91 Å². The zero-order valence-electron chi connectivity index (χ0n) is 12.2. The Morgan fingerprint density at radius 2 is 2.00 bits per heavy atom. The summed E-state index contributed by atoms with van der Waals surface area (Å²) in [6.07, 6.45) is 1.92. The third-order valence-electron chi connectivity index (χ3n) is 3.56. The molecule has 19 heavy (non-hydrogen) atoms. The number of amides is 1. The van der Waals surface area contributed by atoms with Crippen LogP contribution in [0.2, 0.25) is 0 Å². The summed E-state index contributed by atoms with van der Waals surface area (Å²) in [4.78, 5) is 15.4. The number of hydrogen-bond donors (Lipinski definition) is 3. The van der Waals surface area contributed by atoms with Gasteiger partial charge >= 0.3 is 0 Å². The maximum atomic E-state index is 11.6. The number of carbonyl (C=O) groups is 1. The predicted molar refractivity (Wildman–Crippen MR) is 73.9 cm³/mol. The minimum atomic E-state index is -1.06. The van der Waals surface area contributed by atoms with Gasteiger partial charge < -0.3 is 20.4 Å². The lowest BCUT2D eigenvalue weighted by Crippen LogP contribution is -2.50. The molecule has 0 bridgehead atoms. The average molecular weight is 273 g/mol. The molecule has 3 N–H and O–H groups in total. The lowest BCUT2D eigenvalue weighted by molar-refractivity contribution is -0.130. The van der Waals surface area contributed by atoms with Gasteiger partial charge in [-0.2, -0.15) is 0 Å². The quantitative estimate of drug-likeness (QED) is 0.571. The average Bonchev–Trinajstić information content (AvgIpc) is 2.38. The molecule has 0 aromatic carbocycles. The Morgan fingerprint density at radius 1 is 1.42 bits per heavy atom.